The van der Waals surface area contributed by atoms with E-state index in [4.69, 9.17) is 0 Å². The fraction of sp³-hybridized carbons (Fsp3) is 0.308. The van der Waals surface area contributed by atoms with Crippen molar-refractivity contribution in [1.29, 1.82) is 0 Å². The third-order valence-electron chi connectivity index (χ3n) is 2.58. The Balaban J connectivity index is 2.57. The van der Waals surface area contributed by atoms with Crippen LogP contribution in [-0.4, -0.2) is 4.98 Å². The van der Waals surface area contributed by atoms with E-state index in [-0.39, 0.29) is 0 Å². The van der Waals surface area contributed by atoms with Crippen molar-refractivity contribution >= 4 is 26.8 Å². The average molecular weight is 264 g/mol. The summed E-state index contributed by atoms with van der Waals surface area (Å²) in [6.07, 6.45) is 1.92. The number of pyridine rings is 1. The van der Waals surface area contributed by atoms with Gasteiger partial charge in [0, 0.05) is 16.9 Å². The summed E-state index contributed by atoms with van der Waals surface area (Å²) in [7, 11) is 0. The van der Waals surface area contributed by atoms with Gasteiger partial charge >= 0.3 is 0 Å². The molecule has 0 bridgehead atoms. The quantitative estimate of drug-likeness (QED) is 0.739. The van der Waals surface area contributed by atoms with E-state index in [1.165, 1.54) is 16.5 Å². The Morgan fingerprint density at radius 2 is 2.07 bits per heavy atom. The maximum atomic E-state index is 4.42. The average Bonchev–Trinajstić information content (AvgIpc) is 2.27. The highest BCUT2D eigenvalue weighted by Gasteiger charge is 2.02. The van der Waals surface area contributed by atoms with E-state index < -0.39 is 0 Å². The molecule has 2 rings (SSSR count). The Morgan fingerprint density at radius 1 is 1.27 bits per heavy atom. The molecule has 78 valence electrons. The molecule has 2 aromatic rings. The minimum atomic E-state index is 0.571. The van der Waals surface area contributed by atoms with Crippen LogP contribution in [0, 0.1) is 0 Å². The van der Waals surface area contributed by atoms with Crippen molar-refractivity contribution in [3.8, 4) is 0 Å². The molecule has 1 aromatic carbocycles. The van der Waals surface area contributed by atoms with E-state index in [0.29, 0.717) is 5.92 Å². The molecule has 0 aliphatic heterocycles. The lowest BCUT2D eigenvalue weighted by Gasteiger charge is -2.07. The molecule has 0 radical (unpaired) electrons. The molecule has 0 amide bonds. The molecule has 1 heterocycles. The van der Waals surface area contributed by atoms with Crippen molar-refractivity contribution in [3.63, 3.8) is 0 Å². The Morgan fingerprint density at radius 3 is 2.73 bits per heavy atom. The second-order valence-corrected chi connectivity index (χ2v) is 4.64. The van der Waals surface area contributed by atoms with Gasteiger partial charge in [0.05, 0.1) is 5.52 Å². The summed E-state index contributed by atoms with van der Waals surface area (Å²) >= 11 is 3.45. The van der Waals surface area contributed by atoms with Crippen LogP contribution >= 0.6 is 15.9 Å². The highest BCUT2D eigenvalue weighted by atomic mass is 79.9. The molecule has 0 saturated heterocycles. The summed E-state index contributed by atoms with van der Waals surface area (Å²) in [5.74, 6) is 0.571. The SMILES string of the molecule is CC(C)c1ccc2ncc(CBr)cc2c1. The fourth-order valence-corrected chi connectivity index (χ4v) is 1.93. The first-order valence-corrected chi connectivity index (χ1v) is 6.27. The van der Waals surface area contributed by atoms with Gasteiger partial charge in [0.25, 0.3) is 0 Å². The highest BCUT2D eigenvalue weighted by Crippen LogP contribution is 2.21. The predicted molar refractivity (Wildman–Crippen MR) is 68.5 cm³/mol. The van der Waals surface area contributed by atoms with Crippen LogP contribution in [0.25, 0.3) is 10.9 Å². The van der Waals surface area contributed by atoms with Crippen molar-refractivity contribution in [1.82, 2.24) is 4.98 Å². The molecule has 0 fully saturated rings. The van der Waals surface area contributed by atoms with Crippen LogP contribution < -0.4 is 0 Å². The molecule has 0 spiro atoms. The van der Waals surface area contributed by atoms with Crippen LogP contribution in [0.3, 0.4) is 0 Å². The first-order chi connectivity index (χ1) is 7.20. The number of benzene rings is 1. The minimum Gasteiger partial charge on any atom is -0.256 e. The maximum absolute atomic E-state index is 4.42. The van der Waals surface area contributed by atoms with Crippen LogP contribution in [0.5, 0.6) is 0 Å². The van der Waals surface area contributed by atoms with Crippen molar-refractivity contribution in [2.75, 3.05) is 0 Å². The van der Waals surface area contributed by atoms with E-state index in [9.17, 15) is 0 Å². The fourth-order valence-electron chi connectivity index (χ4n) is 1.63. The number of hydrogen-bond donors (Lipinski definition) is 0. The number of halogens is 1. The Bertz CT molecular complexity index is 477. The van der Waals surface area contributed by atoms with Crippen molar-refractivity contribution in [2.24, 2.45) is 0 Å². The van der Waals surface area contributed by atoms with Gasteiger partial charge in [-0.2, -0.15) is 0 Å². The zero-order valence-corrected chi connectivity index (χ0v) is 10.6. The first-order valence-electron chi connectivity index (χ1n) is 5.15. The number of alkyl halides is 1. The monoisotopic (exact) mass is 263 g/mol. The summed E-state index contributed by atoms with van der Waals surface area (Å²) in [5.41, 5.74) is 3.67. The molecule has 15 heavy (non-hydrogen) atoms. The lowest BCUT2D eigenvalue weighted by atomic mass is 10.0. The summed E-state index contributed by atoms with van der Waals surface area (Å²) in [6, 6.07) is 8.69. The maximum Gasteiger partial charge on any atom is 0.0702 e. The van der Waals surface area contributed by atoms with Crippen LogP contribution in [0.4, 0.5) is 0 Å². The first kappa shape index (κ1) is 10.6. The zero-order chi connectivity index (χ0) is 10.8. The highest BCUT2D eigenvalue weighted by molar-refractivity contribution is 9.08. The van der Waals surface area contributed by atoms with Crippen molar-refractivity contribution in [2.45, 2.75) is 25.1 Å². The molecule has 0 saturated carbocycles. The molecule has 0 unspecified atom stereocenters. The molecular formula is C13H14BrN. The Hall–Kier alpha value is -0.890. The van der Waals surface area contributed by atoms with E-state index in [1.807, 2.05) is 6.20 Å². The van der Waals surface area contributed by atoms with Crippen molar-refractivity contribution in [3.05, 3.63) is 41.6 Å². The lowest BCUT2D eigenvalue weighted by molar-refractivity contribution is 0.868. The summed E-state index contributed by atoms with van der Waals surface area (Å²) in [4.78, 5) is 4.42. The molecule has 0 aliphatic carbocycles. The molecule has 1 nitrogen and oxygen atoms in total. The van der Waals surface area contributed by atoms with Crippen LogP contribution in [-0.2, 0) is 5.33 Å². The Kier molecular flexibility index (Phi) is 3.06. The number of rotatable bonds is 2. The van der Waals surface area contributed by atoms with Gasteiger partial charge < -0.3 is 0 Å². The predicted octanol–water partition coefficient (Wildman–Crippen LogP) is 4.25. The largest absolute Gasteiger partial charge is 0.256 e. The normalized spacial score (nSPS) is 11.2. The van der Waals surface area contributed by atoms with E-state index >= 15 is 0 Å². The van der Waals surface area contributed by atoms with Gasteiger partial charge in [-0.25, -0.2) is 0 Å². The number of aromatic nitrogens is 1. The van der Waals surface area contributed by atoms with Gasteiger partial charge in [0.1, 0.15) is 0 Å². The van der Waals surface area contributed by atoms with Gasteiger partial charge in [0.15, 0.2) is 0 Å². The van der Waals surface area contributed by atoms with Gasteiger partial charge in [-0.05, 0) is 35.2 Å². The lowest BCUT2D eigenvalue weighted by Crippen LogP contribution is -1.89. The summed E-state index contributed by atoms with van der Waals surface area (Å²) in [5, 5.41) is 2.10. The van der Waals surface area contributed by atoms with E-state index in [2.05, 4.69) is 59.0 Å². The number of nitrogens with zero attached hydrogens (tertiary/aromatic N) is 1. The molecular weight excluding hydrogens is 250 g/mol. The molecule has 0 aliphatic rings. The molecule has 0 N–H and O–H groups in total. The van der Waals surface area contributed by atoms with E-state index in [1.54, 1.807) is 0 Å². The van der Waals surface area contributed by atoms with Crippen LogP contribution in [0.2, 0.25) is 0 Å². The number of hydrogen-bond acceptors (Lipinski definition) is 1. The topological polar surface area (TPSA) is 12.9 Å². The smallest absolute Gasteiger partial charge is 0.0702 e. The minimum absolute atomic E-state index is 0.571. The van der Waals surface area contributed by atoms with E-state index in [0.717, 1.165) is 10.8 Å². The van der Waals surface area contributed by atoms with Crippen molar-refractivity contribution < 1.29 is 0 Å². The zero-order valence-electron chi connectivity index (χ0n) is 9.00. The second kappa shape index (κ2) is 4.31. The third-order valence-corrected chi connectivity index (χ3v) is 3.23. The van der Waals surface area contributed by atoms with Gasteiger partial charge in [0.2, 0.25) is 0 Å². The van der Waals surface area contributed by atoms with Gasteiger partial charge in [-0.15, -0.1) is 0 Å². The van der Waals surface area contributed by atoms with Gasteiger partial charge in [-0.3, -0.25) is 4.98 Å². The number of fused-ring (bicyclic) bond motifs is 1. The molecule has 1 aromatic heterocycles. The Labute approximate surface area is 98.7 Å². The molecule has 0 atom stereocenters. The third kappa shape index (κ3) is 2.20. The van der Waals surface area contributed by atoms with Crippen LogP contribution in [0.15, 0.2) is 30.5 Å². The van der Waals surface area contributed by atoms with Gasteiger partial charge in [-0.1, -0.05) is 35.8 Å². The standard InChI is InChI=1S/C13H14BrN/c1-9(2)11-3-4-13-12(6-11)5-10(7-14)8-15-13/h3-6,8-9H,7H2,1-2H3. The van der Waals surface area contributed by atoms with Crippen LogP contribution in [0.1, 0.15) is 30.9 Å². The summed E-state index contributed by atoms with van der Waals surface area (Å²) < 4.78 is 0. The second-order valence-electron chi connectivity index (χ2n) is 4.08. The molecule has 2 heteroatoms. The summed E-state index contributed by atoms with van der Waals surface area (Å²) in [6.45, 7) is 4.42.